The van der Waals surface area contributed by atoms with Gasteiger partial charge in [-0.1, -0.05) is 6.42 Å². The van der Waals surface area contributed by atoms with Crippen molar-refractivity contribution in [3.05, 3.63) is 0 Å². The molecule has 2 atom stereocenters. The lowest BCUT2D eigenvalue weighted by molar-refractivity contribution is -0.329. The molecule has 0 amide bonds. The molecule has 0 unspecified atom stereocenters. The highest BCUT2D eigenvalue weighted by molar-refractivity contribution is 5.70. The molecule has 0 aromatic carbocycles. The highest BCUT2D eigenvalue weighted by atomic mass is 16.7. The van der Waals surface area contributed by atoms with Gasteiger partial charge in [0, 0.05) is 19.3 Å². The Hall–Kier alpha value is -0.650. The summed E-state index contributed by atoms with van der Waals surface area (Å²) < 4.78 is 17.9. The average molecular weight is 313 g/mol. The average Bonchev–Trinajstić information content (AvgIpc) is 2.36. The van der Waals surface area contributed by atoms with E-state index in [-0.39, 0.29) is 18.2 Å². The SMILES string of the molecule is CC(C)(C)OC(=O)C[C@H]1C[C@H](CCN)OC2(CCCCC2)O1. The van der Waals surface area contributed by atoms with Gasteiger partial charge in [0.15, 0.2) is 5.79 Å². The van der Waals surface area contributed by atoms with Crippen molar-refractivity contribution in [1.82, 2.24) is 0 Å². The van der Waals surface area contributed by atoms with E-state index in [4.69, 9.17) is 19.9 Å². The molecule has 0 bridgehead atoms. The first kappa shape index (κ1) is 17.7. The van der Waals surface area contributed by atoms with Crippen molar-refractivity contribution in [1.29, 1.82) is 0 Å². The van der Waals surface area contributed by atoms with Gasteiger partial charge in [-0.3, -0.25) is 4.79 Å². The second-order valence-electron chi connectivity index (χ2n) is 7.55. The molecule has 1 saturated carbocycles. The molecule has 1 aliphatic carbocycles. The van der Waals surface area contributed by atoms with E-state index < -0.39 is 11.4 Å². The molecular formula is C17H31NO4. The number of carbonyl (C=O) groups excluding carboxylic acids is 1. The van der Waals surface area contributed by atoms with Crippen molar-refractivity contribution in [3.8, 4) is 0 Å². The maximum absolute atomic E-state index is 12.1. The van der Waals surface area contributed by atoms with Crippen LogP contribution < -0.4 is 5.73 Å². The summed E-state index contributed by atoms with van der Waals surface area (Å²) >= 11 is 0. The molecule has 1 heterocycles. The highest BCUT2D eigenvalue weighted by Crippen LogP contribution is 2.40. The van der Waals surface area contributed by atoms with Gasteiger partial charge in [0.2, 0.25) is 0 Å². The minimum atomic E-state index is -0.497. The summed E-state index contributed by atoms with van der Waals surface area (Å²) in [5, 5.41) is 0. The molecule has 1 spiro atoms. The van der Waals surface area contributed by atoms with E-state index in [1.54, 1.807) is 0 Å². The van der Waals surface area contributed by atoms with Crippen LogP contribution in [0.2, 0.25) is 0 Å². The van der Waals surface area contributed by atoms with Crippen LogP contribution in [0.3, 0.4) is 0 Å². The lowest BCUT2D eigenvalue weighted by Crippen LogP contribution is -2.50. The van der Waals surface area contributed by atoms with Crippen LogP contribution in [0.25, 0.3) is 0 Å². The molecule has 0 aromatic rings. The molecule has 0 radical (unpaired) electrons. The number of ether oxygens (including phenoxy) is 3. The molecule has 5 nitrogen and oxygen atoms in total. The Balaban J connectivity index is 1.98. The van der Waals surface area contributed by atoms with E-state index in [9.17, 15) is 4.79 Å². The third kappa shape index (κ3) is 5.21. The van der Waals surface area contributed by atoms with E-state index in [1.807, 2.05) is 20.8 Å². The monoisotopic (exact) mass is 313 g/mol. The van der Waals surface area contributed by atoms with Crippen molar-refractivity contribution in [2.75, 3.05) is 6.54 Å². The fraction of sp³-hybridized carbons (Fsp3) is 0.941. The molecule has 22 heavy (non-hydrogen) atoms. The zero-order valence-corrected chi connectivity index (χ0v) is 14.2. The third-order valence-electron chi connectivity index (χ3n) is 4.21. The van der Waals surface area contributed by atoms with Crippen LogP contribution in [0, 0.1) is 0 Å². The summed E-state index contributed by atoms with van der Waals surface area (Å²) in [6.07, 6.45) is 7.09. The van der Waals surface area contributed by atoms with Crippen molar-refractivity contribution in [3.63, 3.8) is 0 Å². The molecule has 1 saturated heterocycles. The lowest BCUT2D eigenvalue weighted by Gasteiger charge is -2.46. The van der Waals surface area contributed by atoms with E-state index in [2.05, 4.69) is 0 Å². The number of carbonyl (C=O) groups is 1. The third-order valence-corrected chi connectivity index (χ3v) is 4.21. The summed E-state index contributed by atoms with van der Waals surface area (Å²) in [6, 6.07) is 0. The second kappa shape index (κ2) is 7.28. The largest absolute Gasteiger partial charge is 0.460 e. The van der Waals surface area contributed by atoms with Crippen LogP contribution in [0.1, 0.15) is 72.1 Å². The Bertz CT molecular complexity index is 371. The van der Waals surface area contributed by atoms with Crippen LogP contribution in [-0.4, -0.2) is 36.1 Å². The number of nitrogens with two attached hydrogens (primary N) is 1. The predicted molar refractivity (Wildman–Crippen MR) is 84.3 cm³/mol. The van der Waals surface area contributed by atoms with Crippen molar-refractivity contribution in [2.24, 2.45) is 5.73 Å². The molecule has 2 fully saturated rings. The van der Waals surface area contributed by atoms with E-state index >= 15 is 0 Å². The van der Waals surface area contributed by atoms with Gasteiger partial charge in [-0.15, -0.1) is 0 Å². The quantitative estimate of drug-likeness (QED) is 0.808. The Morgan fingerprint density at radius 2 is 1.82 bits per heavy atom. The molecule has 2 N–H and O–H groups in total. The van der Waals surface area contributed by atoms with Gasteiger partial charge >= 0.3 is 5.97 Å². The zero-order chi connectivity index (χ0) is 16.2. The maximum Gasteiger partial charge on any atom is 0.308 e. The summed E-state index contributed by atoms with van der Waals surface area (Å²) in [7, 11) is 0. The van der Waals surface area contributed by atoms with Gasteiger partial charge in [-0.2, -0.15) is 0 Å². The van der Waals surface area contributed by atoms with Crippen LogP contribution in [0.15, 0.2) is 0 Å². The van der Waals surface area contributed by atoms with Gasteiger partial charge in [-0.05, 0) is 46.6 Å². The van der Waals surface area contributed by atoms with Crippen molar-refractivity contribution < 1.29 is 19.0 Å². The Morgan fingerprint density at radius 1 is 1.18 bits per heavy atom. The van der Waals surface area contributed by atoms with Crippen LogP contribution in [0.4, 0.5) is 0 Å². The van der Waals surface area contributed by atoms with Crippen LogP contribution in [0.5, 0.6) is 0 Å². The topological polar surface area (TPSA) is 70.8 Å². The molecular weight excluding hydrogens is 282 g/mol. The first-order valence-electron chi connectivity index (χ1n) is 8.59. The van der Waals surface area contributed by atoms with Gasteiger partial charge in [-0.25, -0.2) is 0 Å². The summed E-state index contributed by atoms with van der Waals surface area (Å²) in [5.74, 6) is -0.694. The van der Waals surface area contributed by atoms with E-state index in [0.717, 1.165) is 38.5 Å². The molecule has 2 rings (SSSR count). The second-order valence-corrected chi connectivity index (χ2v) is 7.55. The number of hydrogen-bond donors (Lipinski definition) is 1. The van der Waals surface area contributed by atoms with Gasteiger partial charge in [0.05, 0.1) is 18.6 Å². The first-order chi connectivity index (χ1) is 10.3. The molecule has 128 valence electrons. The Kier molecular flexibility index (Phi) is 5.86. The van der Waals surface area contributed by atoms with Gasteiger partial charge in [0.1, 0.15) is 5.60 Å². The summed E-state index contributed by atoms with van der Waals surface area (Å²) in [6.45, 7) is 6.25. The smallest absolute Gasteiger partial charge is 0.308 e. The fourth-order valence-corrected chi connectivity index (χ4v) is 3.41. The number of rotatable bonds is 4. The minimum absolute atomic E-state index is 0.0873. The van der Waals surface area contributed by atoms with Crippen LogP contribution >= 0.6 is 0 Å². The normalized spacial score (nSPS) is 28.5. The highest BCUT2D eigenvalue weighted by Gasteiger charge is 2.43. The van der Waals surface area contributed by atoms with E-state index in [1.165, 1.54) is 6.42 Å². The Labute approximate surface area is 133 Å². The molecule has 5 heteroatoms. The first-order valence-corrected chi connectivity index (χ1v) is 8.59. The standard InChI is InChI=1S/C17H31NO4/c1-16(2,3)22-15(19)12-14-11-13(7-10-18)20-17(21-14)8-5-4-6-9-17/h13-14H,4-12,18H2,1-3H3/t13-,14+/m0/s1. The van der Waals surface area contributed by atoms with Crippen molar-refractivity contribution >= 4 is 5.97 Å². The number of hydrogen-bond acceptors (Lipinski definition) is 5. The van der Waals surface area contributed by atoms with Gasteiger partial charge in [0.25, 0.3) is 0 Å². The fourth-order valence-electron chi connectivity index (χ4n) is 3.41. The van der Waals surface area contributed by atoms with Gasteiger partial charge < -0.3 is 19.9 Å². The molecule has 1 aliphatic heterocycles. The number of esters is 1. The Morgan fingerprint density at radius 3 is 2.41 bits per heavy atom. The molecule has 0 aromatic heterocycles. The van der Waals surface area contributed by atoms with E-state index in [0.29, 0.717) is 13.0 Å². The predicted octanol–water partition coefficient (Wildman–Crippen LogP) is 2.90. The van der Waals surface area contributed by atoms with Crippen molar-refractivity contribution in [2.45, 2.75) is 95.7 Å². The maximum atomic E-state index is 12.1. The minimum Gasteiger partial charge on any atom is -0.460 e. The lowest BCUT2D eigenvalue weighted by atomic mass is 9.91. The summed E-state index contributed by atoms with van der Waals surface area (Å²) in [5.41, 5.74) is 5.24. The summed E-state index contributed by atoms with van der Waals surface area (Å²) in [4.78, 5) is 12.1. The molecule has 2 aliphatic rings. The zero-order valence-electron chi connectivity index (χ0n) is 14.2. The van der Waals surface area contributed by atoms with Crippen LogP contribution in [-0.2, 0) is 19.0 Å².